The zero-order valence-electron chi connectivity index (χ0n) is 11.8. The van der Waals surface area contributed by atoms with E-state index in [1.165, 1.54) is 32.1 Å². The number of hydrogen-bond acceptors (Lipinski definition) is 3. The molecule has 0 atom stereocenters. The Morgan fingerprint density at radius 2 is 2.00 bits per heavy atom. The van der Waals surface area contributed by atoms with E-state index in [0.29, 0.717) is 5.25 Å². The topological polar surface area (TPSA) is 34.9 Å². The summed E-state index contributed by atoms with van der Waals surface area (Å²) < 4.78 is 1.82. The van der Waals surface area contributed by atoms with E-state index in [9.17, 15) is 4.79 Å². The second-order valence-electron chi connectivity index (χ2n) is 5.47. The van der Waals surface area contributed by atoms with Crippen LogP contribution in [0.25, 0.3) is 10.9 Å². The van der Waals surface area contributed by atoms with E-state index in [2.05, 4.69) is 4.98 Å². The zero-order valence-corrected chi connectivity index (χ0v) is 12.7. The summed E-state index contributed by atoms with van der Waals surface area (Å²) in [5.41, 5.74) is 0.894. The van der Waals surface area contributed by atoms with Crippen molar-refractivity contribution in [1.29, 1.82) is 0 Å². The molecule has 3 nitrogen and oxygen atoms in total. The summed E-state index contributed by atoms with van der Waals surface area (Å²) in [7, 11) is 0. The van der Waals surface area contributed by atoms with Crippen LogP contribution in [0.3, 0.4) is 0 Å². The van der Waals surface area contributed by atoms with Gasteiger partial charge >= 0.3 is 0 Å². The fourth-order valence-electron chi connectivity index (χ4n) is 2.84. The van der Waals surface area contributed by atoms with Crippen molar-refractivity contribution in [3.8, 4) is 0 Å². The maximum atomic E-state index is 12.5. The van der Waals surface area contributed by atoms with E-state index < -0.39 is 0 Å². The van der Waals surface area contributed by atoms with Crippen LogP contribution in [0.1, 0.15) is 37.9 Å². The minimum Gasteiger partial charge on any atom is -0.286 e. The fraction of sp³-hybridized carbons (Fsp3) is 0.500. The monoisotopic (exact) mass is 288 g/mol. The van der Waals surface area contributed by atoms with Gasteiger partial charge in [-0.05, 0) is 31.9 Å². The molecule has 1 heterocycles. The minimum atomic E-state index is 0.0939. The summed E-state index contributed by atoms with van der Waals surface area (Å²) in [4.78, 5) is 17.1. The fourth-order valence-corrected chi connectivity index (χ4v) is 4.17. The molecule has 0 saturated heterocycles. The molecule has 0 spiro atoms. The Labute approximate surface area is 123 Å². The third-order valence-corrected chi connectivity index (χ3v) is 5.39. The summed E-state index contributed by atoms with van der Waals surface area (Å²) in [6.45, 7) is 1.93. The van der Waals surface area contributed by atoms with Gasteiger partial charge in [-0.3, -0.25) is 9.36 Å². The van der Waals surface area contributed by atoms with Crippen molar-refractivity contribution in [2.24, 2.45) is 0 Å². The summed E-state index contributed by atoms with van der Waals surface area (Å²) in [5, 5.41) is 1.43. The predicted octanol–water partition coefficient (Wildman–Crippen LogP) is 3.73. The number of nitrogens with zero attached hydrogens (tertiary/aromatic N) is 2. The van der Waals surface area contributed by atoms with Crippen LogP contribution in [0, 0.1) is 6.92 Å². The molecule has 1 aromatic heterocycles. The lowest BCUT2D eigenvalue weighted by molar-refractivity contribution is 0.514. The first-order chi connectivity index (χ1) is 9.75. The highest BCUT2D eigenvalue weighted by Gasteiger charge is 2.15. The van der Waals surface area contributed by atoms with Crippen molar-refractivity contribution in [3.63, 3.8) is 0 Å². The highest BCUT2D eigenvalue weighted by atomic mass is 32.2. The minimum absolute atomic E-state index is 0.0939. The van der Waals surface area contributed by atoms with Crippen molar-refractivity contribution in [1.82, 2.24) is 9.55 Å². The second-order valence-corrected chi connectivity index (χ2v) is 6.72. The molecule has 1 saturated carbocycles. The van der Waals surface area contributed by atoms with E-state index in [1.54, 1.807) is 0 Å². The second kappa shape index (κ2) is 6.00. The predicted molar refractivity (Wildman–Crippen MR) is 85.2 cm³/mol. The van der Waals surface area contributed by atoms with Crippen LogP contribution < -0.4 is 5.56 Å². The van der Waals surface area contributed by atoms with Crippen LogP contribution >= 0.6 is 11.8 Å². The highest BCUT2D eigenvalue weighted by molar-refractivity contribution is 7.98. The lowest BCUT2D eigenvalue weighted by Gasteiger charge is -2.21. The van der Waals surface area contributed by atoms with E-state index >= 15 is 0 Å². The molecule has 3 rings (SSSR count). The van der Waals surface area contributed by atoms with Gasteiger partial charge in [0.15, 0.2) is 0 Å². The third-order valence-electron chi connectivity index (χ3n) is 4.04. The lowest BCUT2D eigenvalue weighted by Crippen LogP contribution is -2.24. The van der Waals surface area contributed by atoms with Gasteiger partial charge in [0.25, 0.3) is 5.56 Å². The molecule has 0 radical (unpaired) electrons. The molecule has 0 aliphatic heterocycles. The Balaban J connectivity index is 1.85. The molecule has 1 aliphatic carbocycles. The van der Waals surface area contributed by atoms with Crippen molar-refractivity contribution in [3.05, 3.63) is 40.4 Å². The van der Waals surface area contributed by atoms with Crippen LogP contribution in [0.5, 0.6) is 0 Å². The molecule has 4 heteroatoms. The Bertz CT molecular complexity index is 659. The Kier molecular flexibility index (Phi) is 4.10. The molecule has 106 valence electrons. The maximum Gasteiger partial charge on any atom is 0.262 e. The molecule has 0 N–H and O–H groups in total. The molecule has 1 aliphatic rings. The van der Waals surface area contributed by atoms with Crippen LogP contribution in [-0.4, -0.2) is 14.8 Å². The van der Waals surface area contributed by atoms with E-state index in [4.69, 9.17) is 0 Å². The number of fused-ring (bicyclic) bond motifs is 1. The number of hydrogen-bond donors (Lipinski definition) is 0. The summed E-state index contributed by atoms with van der Waals surface area (Å²) in [6.07, 6.45) is 6.62. The largest absolute Gasteiger partial charge is 0.286 e. The van der Waals surface area contributed by atoms with Crippen molar-refractivity contribution >= 4 is 22.7 Å². The zero-order chi connectivity index (χ0) is 13.9. The molecular weight excluding hydrogens is 268 g/mol. The molecular formula is C16H20N2OS. The van der Waals surface area contributed by atoms with Gasteiger partial charge in [0.05, 0.1) is 16.8 Å². The van der Waals surface area contributed by atoms with Crippen molar-refractivity contribution in [2.45, 2.75) is 50.2 Å². The standard InChI is InChI=1S/C16H20N2OS/c1-12-17-15-10-6-5-9-14(15)16(19)18(12)11-20-13-7-3-2-4-8-13/h5-6,9-10,13H,2-4,7-8,11H2,1H3. The Hall–Kier alpha value is -1.29. The van der Waals surface area contributed by atoms with Crippen LogP contribution in [0.4, 0.5) is 0 Å². The number of aromatic nitrogens is 2. The quantitative estimate of drug-likeness (QED) is 0.863. The van der Waals surface area contributed by atoms with Crippen molar-refractivity contribution in [2.75, 3.05) is 0 Å². The summed E-state index contributed by atoms with van der Waals surface area (Å²) in [5.74, 6) is 1.55. The van der Waals surface area contributed by atoms with Crippen LogP contribution in [0.2, 0.25) is 0 Å². The van der Waals surface area contributed by atoms with Gasteiger partial charge in [-0.25, -0.2) is 4.98 Å². The van der Waals surface area contributed by atoms with Gasteiger partial charge in [0.1, 0.15) is 5.82 Å². The van der Waals surface area contributed by atoms with Gasteiger partial charge in [0, 0.05) is 5.25 Å². The van der Waals surface area contributed by atoms with Gasteiger partial charge in [-0.1, -0.05) is 31.4 Å². The molecule has 0 unspecified atom stereocenters. The number of rotatable bonds is 3. The first-order valence-corrected chi connectivity index (χ1v) is 8.38. The van der Waals surface area contributed by atoms with E-state index in [0.717, 1.165) is 22.6 Å². The van der Waals surface area contributed by atoms with Gasteiger partial charge in [-0.15, -0.1) is 11.8 Å². The molecule has 1 aromatic carbocycles. The van der Waals surface area contributed by atoms with Gasteiger partial charge in [-0.2, -0.15) is 0 Å². The highest BCUT2D eigenvalue weighted by Crippen LogP contribution is 2.29. The van der Waals surface area contributed by atoms with Gasteiger partial charge < -0.3 is 0 Å². The van der Waals surface area contributed by atoms with Crippen LogP contribution in [0.15, 0.2) is 29.1 Å². The summed E-state index contributed by atoms with van der Waals surface area (Å²) in [6, 6.07) is 7.60. The number of benzene rings is 1. The maximum absolute atomic E-state index is 12.5. The number of para-hydroxylation sites is 1. The smallest absolute Gasteiger partial charge is 0.262 e. The molecule has 20 heavy (non-hydrogen) atoms. The average Bonchev–Trinajstić information content (AvgIpc) is 2.48. The number of aryl methyl sites for hydroxylation is 1. The molecule has 2 aromatic rings. The van der Waals surface area contributed by atoms with Gasteiger partial charge in [0.2, 0.25) is 0 Å². The lowest BCUT2D eigenvalue weighted by atomic mass is 10.0. The van der Waals surface area contributed by atoms with Crippen LogP contribution in [-0.2, 0) is 5.88 Å². The third kappa shape index (κ3) is 2.75. The normalized spacial score (nSPS) is 16.6. The molecule has 0 amide bonds. The Morgan fingerprint density at radius 3 is 2.80 bits per heavy atom. The number of thioether (sulfide) groups is 1. The Morgan fingerprint density at radius 1 is 1.25 bits per heavy atom. The SMILES string of the molecule is Cc1nc2ccccc2c(=O)n1CSC1CCCCC1. The van der Waals surface area contributed by atoms with E-state index in [1.807, 2.05) is 47.5 Å². The first kappa shape index (κ1) is 13.7. The van der Waals surface area contributed by atoms with Crippen molar-refractivity contribution < 1.29 is 0 Å². The molecule has 1 fully saturated rings. The molecule has 0 bridgehead atoms. The van der Waals surface area contributed by atoms with E-state index in [-0.39, 0.29) is 5.56 Å². The first-order valence-electron chi connectivity index (χ1n) is 7.33. The summed E-state index contributed by atoms with van der Waals surface area (Å²) >= 11 is 1.91. The average molecular weight is 288 g/mol.